The van der Waals surface area contributed by atoms with Crippen molar-refractivity contribution in [3.8, 4) is 0 Å². The summed E-state index contributed by atoms with van der Waals surface area (Å²) in [6.45, 7) is 6.19. The number of nitrogens with zero attached hydrogens (tertiary/aromatic N) is 2. The van der Waals surface area contributed by atoms with Gasteiger partial charge in [0.2, 0.25) is 0 Å². The molecule has 0 aromatic carbocycles. The number of hydrogen-bond donors (Lipinski definition) is 1. The van der Waals surface area contributed by atoms with Gasteiger partial charge in [0.25, 0.3) is 0 Å². The number of carbonyl (C=O) groups excluding carboxylic acids is 1. The van der Waals surface area contributed by atoms with Crippen molar-refractivity contribution in [2.24, 2.45) is 5.41 Å². The van der Waals surface area contributed by atoms with Gasteiger partial charge in [-0.3, -0.25) is 14.8 Å². The maximum atomic E-state index is 11.5. The fourth-order valence-corrected chi connectivity index (χ4v) is 1.40. The van der Waals surface area contributed by atoms with Crippen LogP contribution in [-0.2, 0) is 9.53 Å². The van der Waals surface area contributed by atoms with E-state index in [1.165, 1.54) is 7.11 Å². The van der Waals surface area contributed by atoms with E-state index in [9.17, 15) is 4.79 Å². The van der Waals surface area contributed by atoms with Crippen LogP contribution in [0.5, 0.6) is 0 Å². The molecule has 94 valence electrons. The van der Waals surface area contributed by atoms with Gasteiger partial charge in [-0.15, -0.1) is 0 Å². The van der Waals surface area contributed by atoms with Gasteiger partial charge in [-0.05, 0) is 20.8 Å². The molecule has 0 saturated carbocycles. The van der Waals surface area contributed by atoms with Crippen LogP contribution in [0.1, 0.15) is 32.5 Å². The molecule has 0 radical (unpaired) electrons. The van der Waals surface area contributed by atoms with Crippen molar-refractivity contribution >= 4 is 5.97 Å². The van der Waals surface area contributed by atoms with E-state index in [-0.39, 0.29) is 12.0 Å². The molecule has 0 aliphatic rings. The van der Waals surface area contributed by atoms with Crippen LogP contribution < -0.4 is 5.32 Å². The highest BCUT2D eigenvalue weighted by atomic mass is 16.5. The van der Waals surface area contributed by atoms with Crippen LogP contribution in [-0.4, -0.2) is 29.6 Å². The lowest BCUT2D eigenvalue weighted by atomic mass is 9.93. The van der Waals surface area contributed by atoms with Crippen LogP contribution in [0, 0.1) is 5.41 Å². The molecule has 17 heavy (non-hydrogen) atoms. The van der Waals surface area contributed by atoms with E-state index in [1.54, 1.807) is 18.6 Å². The molecule has 1 heterocycles. The topological polar surface area (TPSA) is 64.1 Å². The quantitative estimate of drug-likeness (QED) is 0.783. The molecule has 0 amide bonds. The van der Waals surface area contributed by atoms with Gasteiger partial charge in [0, 0.05) is 31.2 Å². The normalized spacial score (nSPS) is 13.2. The van der Waals surface area contributed by atoms with Crippen molar-refractivity contribution in [1.29, 1.82) is 0 Å². The lowest BCUT2D eigenvalue weighted by Gasteiger charge is -2.24. The molecule has 1 aromatic rings. The fourth-order valence-electron chi connectivity index (χ4n) is 1.40. The van der Waals surface area contributed by atoms with Gasteiger partial charge in [-0.1, -0.05) is 0 Å². The Morgan fingerprint density at radius 2 is 2.24 bits per heavy atom. The number of ether oxygens (including phenoxy) is 1. The Labute approximate surface area is 102 Å². The van der Waals surface area contributed by atoms with Crippen molar-refractivity contribution in [1.82, 2.24) is 15.3 Å². The first-order valence-electron chi connectivity index (χ1n) is 5.55. The van der Waals surface area contributed by atoms with E-state index in [2.05, 4.69) is 15.3 Å². The van der Waals surface area contributed by atoms with E-state index in [0.29, 0.717) is 6.54 Å². The number of hydrogen-bond acceptors (Lipinski definition) is 5. The minimum atomic E-state index is -0.550. The van der Waals surface area contributed by atoms with E-state index in [4.69, 9.17) is 4.74 Å². The Hall–Kier alpha value is -1.49. The summed E-state index contributed by atoms with van der Waals surface area (Å²) < 4.78 is 4.75. The van der Waals surface area contributed by atoms with E-state index in [0.717, 1.165) is 5.69 Å². The predicted molar refractivity (Wildman–Crippen MR) is 64.2 cm³/mol. The van der Waals surface area contributed by atoms with Gasteiger partial charge in [0.05, 0.1) is 18.2 Å². The van der Waals surface area contributed by atoms with Crippen LogP contribution in [0.2, 0.25) is 0 Å². The first kappa shape index (κ1) is 13.6. The van der Waals surface area contributed by atoms with Crippen molar-refractivity contribution in [3.05, 3.63) is 24.3 Å². The average Bonchev–Trinajstić information content (AvgIpc) is 2.36. The average molecular weight is 237 g/mol. The Bertz CT molecular complexity index is 365. The molecular formula is C12H19N3O2. The second kappa shape index (κ2) is 5.72. The third-order valence-electron chi connectivity index (χ3n) is 2.61. The predicted octanol–water partition coefficient (Wildman–Crippen LogP) is 1.33. The largest absolute Gasteiger partial charge is 0.469 e. The molecule has 0 aliphatic heterocycles. The SMILES string of the molecule is COC(=O)C(C)(C)CNC(C)c1cnccn1. The molecule has 0 bridgehead atoms. The number of methoxy groups -OCH3 is 1. The van der Waals surface area contributed by atoms with Gasteiger partial charge < -0.3 is 10.1 Å². The van der Waals surface area contributed by atoms with E-state index < -0.39 is 5.41 Å². The third-order valence-corrected chi connectivity index (χ3v) is 2.61. The molecule has 1 N–H and O–H groups in total. The minimum absolute atomic E-state index is 0.0487. The number of nitrogens with one attached hydrogen (secondary N) is 1. The zero-order chi connectivity index (χ0) is 12.9. The maximum absolute atomic E-state index is 11.5. The molecule has 5 nitrogen and oxygen atoms in total. The van der Waals surface area contributed by atoms with Crippen LogP contribution >= 0.6 is 0 Å². The zero-order valence-corrected chi connectivity index (χ0v) is 10.7. The minimum Gasteiger partial charge on any atom is -0.469 e. The summed E-state index contributed by atoms with van der Waals surface area (Å²) in [6.07, 6.45) is 5.00. The van der Waals surface area contributed by atoms with Crippen LogP contribution in [0.3, 0.4) is 0 Å². The summed E-state index contributed by atoms with van der Waals surface area (Å²) in [5, 5.41) is 3.25. The number of esters is 1. The summed E-state index contributed by atoms with van der Waals surface area (Å²) in [5.74, 6) is -0.226. The van der Waals surface area contributed by atoms with Crippen molar-refractivity contribution in [2.45, 2.75) is 26.8 Å². The Morgan fingerprint density at radius 1 is 1.53 bits per heavy atom. The van der Waals surface area contributed by atoms with Gasteiger partial charge in [0.15, 0.2) is 0 Å². The van der Waals surface area contributed by atoms with Gasteiger partial charge >= 0.3 is 5.97 Å². The van der Waals surface area contributed by atoms with Crippen LogP contribution in [0.4, 0.5) is 0 Å². The summed E-state index contributed by atoms with van der Waals surface area (Å²) in [5.41, 5.74) is 0.304. The van der Waals surface area contributed by atoms with Gasteiger partial charge in [-0.25, -0.2) is 0 Å². The molecule has 5 heteroatoms. The molecule has 0 aliphatic carbocycles. The van der Waals surface area contributed by atoms with Crippen molar-refractivity contribution in [2.75, 3.05) is 13.7 Å². The summed E-state index contributed by atoms with van der Waals surface area (Å²) in [7, 11) is 1.40. The standard InChI is InChI=1S/C12H19N3O2/c1-9(10-7-13-5-6-14-10)15-8-12(2,3)11(16)17-4/h5-7,9,15H,8H2,1-4H3. The fraction of sp³-hybridized carbons (Fsp3) is 0.583. The first-order valence-corrected chi connectivity index (χ1v) is 5.55. The van der Waals surface area contributed by atoms with Gasteiger partial charge in [-0.2, -0.15) is 0 Å². The Balaban J connectivity index is 2.54. The van der Waals surface area contributed by atoms with Gasteiger partial charge in [0.1, 0.15) is 0 Å². The number of carbonyl (C=O) groups is 1. The number of rotatable bonds is 5. The first-order chi connectivity index (χ1) is 7.97. The Morgan fingerprint density at radius 3 is 2.76 bits per heavy atom. The van der Waals surface area contributed by atoms with Crippen LogP contribution in [0.25, 0.3) is 0 Å². The summed E-state index contributed by atoms with van der Waals surface area (Å²) >= 11 is 0. The third kappa shape index (κ3) is 3.78. The zero-order valence-electron chi connectivity index (χ0n) is 10.7. The second-order valence-electron chi connectivity index (χ2n) is 4.61. The molecule has 1 aromatic heterocycles. The van der Waals surface area contributed by atoms with Crippen LogP contribution in [0.15, 0.2) is 18.6 Å². The molecule has 0 fully saturated rings. The molecule has 1 unspecified atom stereocenters. The highest BCUT2D eigenvalue weighted by Crippen LogP contribution is 2.17. The Kier molecular flexibility index (Phi) is 4.57. The monoisotopic (exact) mass is 237 g/mol. The lowest BCUT2D eigenvalue weighted by Crippen LogP contribution is -2.38. The molecule has 1 rings (SSSR count). The summed E-state index contributed by atoms with van der Waals surface area (Å²) in [6, 6.07) is 0.0487. The van der Waals surface area contributed by atoms with E-state index in [1.807, 2.05) is 20.8 Å². The molecule has 1 atom stereocenters. The lowest BCUT2D eigenvalue weighted by molar-refractivity contribution is -0.150. The molecular weight excluding hydrogens is 218 g/mol. The molecule has 0 spiro atoms. The smallest absolute Gasteiger partial charge is 0.312 e. The maximum Gasteiger partial charge on any atom is 0.312 e. The highest BCUT2D eigenvalue weighted by Gasteiger charge is 2.28. The molecule has 0 saturated heterocycles. The van der Waals surface area contributed by atoms with Crippen molar-refractivity contribution < 1.29 is 9.53 Å². The highest BCUT2D eigenvalue weighted by molar-refractivity contribution is 5.76. The summed E-state index contributed by atoms with van der Waals surface area (Å²) in [4.78, 5) is 19.7. The van der Waals surface area contributed by atoms with E-state index >= 15 is 0 Å². The van der Waals surface area contributed by atoms with Crippen molar-refractivity contribution in [3.63, 3.8) is 0 Å². The number of aromatic nitrogens is 2. The second-order valence-corrected chi connectivity index (χ2v) is 4.61.